The van der Waals surface area contributed by atoms with Crippen LogP contribution in [-0.4, -0.2) is 43.3 Å². The van der Waals surface area contributed by atoms with Gasteiger partial charge in [0.1, 0.15) is 5.75 Å². The molecular weight excluding hydrogens is 352 g/mol. The predicted octanol–water partition coefficient (Wildman–Crippen LogP) is 2.87. The molecule has 26 heavy (non-hydrogen) atoms. The number of ether oxygens (including phenoxy) is 1. The minimum absolute atomic E-state index is 0.140. The van der Waals surface area contributed by atoms with Crippen molar-refractivity contribution in [1.29, 1.82) is 0 Å². The first kappa shape index (κ1) is 19.7. The third-order valence-corrected chi connectivity index (χ3v) is 4.52. The fourth-order valence-electron chi connectivity index (χ4n) is 2.20. The van der Waals surface area contributed by atoms with Crippen LogP contribution in [0.25, 0.3) is 0 Å². The van der Waals surface area contributed by atoms with Crippen molar-refractivity contribution < 1.29 is 19.1 Å². The normalized spacial score (nSPS) is 10.3. The fraction of sp³-hybridized carbons (Fsp3) is 0.316. The Bertz CT molecular complexity index is 785. The second-order valence-electron chi connectivity index (χ2n) is 5.99. The topological polar surface area (TPSA) is 75.7 Å². The number of carbonyl (C=O) groups excluding carboxylic acids is 3. The molecule has 1 aromatic carbocycles. The smallest absolute Gasteiger partial charge is 0.311 e. The van der Waals surface area contributed by atoms with Gasteiger partial charge in [-0.3, -0.25) is 14.4 Å². The van der Waals surface area contributed by atoms with Gasteiger partial charge in [-0.25, -0.2) is 0 Å². The van der Waals surface area contributed by atoms with E-state index in [4.69, 9.17) is 4.74 Å². The number of hydrogen-bond acceptors (Lipinski definition) is 5. The molecule has 2 aromatic rings. The minimum atomic E-state index is -0.395. The van der Waals surface area contributed by atoms with Crippen LogP contribution in [0.1, 0.15) is 38.4 Å². The van der Waals surface area contributed by atoms with Crippen LogP contribution < -0.4 is 10.1 Å². The number of nitrogens with zero attached hydrogens (tertiary/aromatic N) is 1. The molecule has 0 radical (unpaired) electrons. The van der Waals surface area contributed by atoms with E-state index in [1.54, 1.807) is 38.4 Å². The summed E-state index contributed by atoms with van der Waals surface area (Å²) >= 11 is 1.37. The van der Waals surface area contributed by atoms with E-state index in [0.717, 1.165) is 5.56 Å². The Balaban J connectivity index is 1.83. The van der Waals surface area contributed by atoms with E-state index >= 15 is 0 Å². The number of rotatable bonds is 7. The Morgan fingerprint density at radius 1 is 1.19 bits per heavy atom. The summed E-state index contributed by atoms with van der Waals surface area (Å²) in [5, 5.41) is 4.60. The van der Waals surface area contributed by atoms with Gasteiger partial charge in [0.05, 0.1) is 4.88 Å². The number of thiophene rings is 1. The lowest BCUT2D eigenvalue weighted by Gasteiger charge is -2.13. The van der Waals surface area contributed by atoms with Gasteiger partial charge in [-0.2, -0.15) is 0 Å². The molecule has 7 heteroatoms. The molecule has 6 nitrogen and oxygen atoms in total. The monoisotopic (exact) mass is 374 g/mol. The van der Waals surface area contributed by atoms with Gasteiger partial charge in [-0.1, -0.05) is 12.1 Å². The highest BCUT2D eigenvalue weighted by Gasteiger charge is 2.13. The van der Waals surface area contributed by atoms with Gasteiger partial charge in [0.25, 0.3) is 11.8 Å². The second-order valence-corrected chi connectivity index (χ2v) is 6.94. The van der Waals surface area contributed by atoms with Crippen molar-refractivity contribution >= 4 is 29.1 Å². The molecule has 0 aliphatic heterocycles. The Kier molecular flexibility index (Phi) is 6.91. The summed E-state index contributed by atoms with van der Waals surface area (Å²) in [5.41, 5.74) is 1.24. The van der Waals surface area contributed by atoms with E-state index in [1.807, 2.05) is 18.4 Å². The summed E-state index contributed by atoms with van der Waals surface area (Å²) in [6, 6.07) is 8.59. The van der Waals surface area contributed by atoms with Gasteiger partial charge in [-0.15, -0.1) is 11.3 Å². The molecule has 2 amide bonds. The molecule has 0 unspecified atom stereocenters. The van der Waals surface area contributed by atoms with Crippen LogP contribution in [-0.2, 0) is 4.79 Å². The fourth-order valence-corrected chi connectivity index (χ4v) is 2.84. The van der Waals surface area contributed by atoms with Gasteiger partial charge in [0.2, 0.25) is 0 Å². The number of benzene rings is 1. The standard InChI is InChI=1S/C19H22N2O4S/c1-13-8-9-14(19(24)21(2)3)12-15(13)25-17(22)7-4-10-20-18(23)16-6-5-11-26-16/h5-6,8-9,11-12H,4,7,10H2,1-3H3,(H,20,23). The summed E-state index contributed by atoms with van der Waals surface area (Å²) in [7, 11) is 3.33. The highest BCUT2D eigenvalue weighted by atomic mass is 32.1. The summed E-state index contributed by atoms with van der Waals surface area (Å²) in [6.45, 7) is 2.21. The van der Waals surface area contributed by atoms with Crippen molar-refractivity contribution in [2.24, 2.45) is 0 Å². The van der Waals surface area contributed by atoms with E-state index in [2.05, 4.69) is 5.32 Å². The number of nitrogens with one attached hydrogen (secondary N) is 1. The highest BCUT2D eigenvalue weighted by molar-refractivity contribution is 7.12. The third-order valence-electron chi connectivity index (χ3n) is 3.65. The van der Waals surface area contributed by atoms with Crippen LogP contribution in [0.2, 0.25) is 0 Å². The molecule has 138 valence electrons. The molecule has 0 saturated carbocycles. The Morgan fingerprint density at radius 3 is 2.62 bits per heavy atom. The molecular formula is C19H22N2O4S. The molecule has 0 spiro atoms. The number of aryl methyl sites for hydroxylation is 1. The van der Waals surface area contributed by atoms with Crippen LogP contribution in [0, 0.1) is 6.92 Å². The number of hydrogen-bond donors (Lipinski definition) is 1. The number of carbonyl (C=O) groups is 3. The van der Waals surface area contributed by atoms with E-state index < -0.39 is 5.97 Å². The summed E-state index contributed by atoms with van der Waals surface area (Å²) in [5.74, 6) is -0.309. The first-order valence-electron chi connectivity index (χ1n) is 8.23. The zero-order chi connectivity index (χ0) is 19.1. The van der Waals surface area contributed by atoms with Crippen LogP contribution in [0.15, 0.2) is 35.7 Å². The van der Waals surface area contributed by atoms with Crippen molar-refractivity contribution in [2.75, 3.05) is 20.6 Å². The van der Waals surface area contributed by atoms with E-state index in [0.29, 0.717) is 29.2 Å². The molecule has 0 aliphatic carbocycles. The third kappa shape index (κ3) is 5.42. The predicted molar refractivity (Wildman–Crippen MR) is 101 cm³/mol. The quantitative estimate of drug-likeness (QED) is 0.459. The van der Waals surface area contributed by atoms with Crippen LogP contribution >= 0.6 is 11.3 Å². The summed E-state index contributed by atoms with van der Waals surface area (Å²) in [6.07, 6.45) is 0.654. The first-order chi connectivity index (χ1) is 12.4. The zero-order valence-corrected chi connectivity index (χ0v) is 15.9. The van der Waals surface area contributed by atoms with Crippen molar-refractivity contribution in [3.63, 3.8) is 0 Å². The van der Waals surface area contributed by atoms with Gasteiger partial charge >= 0.3 is 5.97 Å². The Morgan fingerprint density at radius 2 is 1.96 bits per heavy atom. The van der Waals surface area contributed by atoms with Crippen molar-refractivity contribution in [3.8, 4) is 5.75 Å². The largest absolute Gasteiger partial charge is 0.426 e. The SMILES string of the molecule is Cc1ccc(C(=O)N(C)C)cc1OC(=O)CCCNC(=O)c1cccs1. The van der Waals surface area contributed by atoms with Gasteiger partial charge in [0, 0.05) is 32.6 Å². The first-order valence-corrected chi connectivity index (χ1v) is 9.11. The number of amides is 2. The minimum Gasteiger partial charge on any atom is -0.426 e. The maximum atomic E-state index is 12.0. The van der Waals surface area contributed by atoms with E-state index in [1.165, 1.54) is 16.2 Å². The van der Waals surface area contributed by atoms with Crippen molar-refractivity contribution in [3.05, 3.63) is 51.7 Å². The Hall–Kier alpha value is -2.67. The molecule has 1 aromatic heterocycles. The van der Waals surface area contributed by atoms with Crippen molar-refractivity contribution in [2.45, 2.75) is 19.8 Å². The molecule has 1 N–H and O–H groups in total. The lowest BCUT2D eigenvalue weighted by atomic mass is 10.1. The van der Waals surface area contributed by atoms with Crippen LogP contribution in [0.4, 0.5) is 0 Å². The maximum absolute atomic E-state index is 12.0. The number of esters is 1. The molecule has 0 fully saturated rings. The second kappa shape index (κ2) is 9.15. The molecule has 0 saturated heterocycles. The van der Waals surface area contributed by atoms with Crippen LogP contribution in [0.5, 0.6) is 5.75 Å². The van der Waals surface area contributed by atoms with Gasteiger partial charge in [0.15, 0.2) is 0 Å². The molecule has 1 heterocycles. The zero-order valence-electron chi connectivity index (χ0n) is 15.1. The molecule has 0 aliphatic rings. The summed E-state index contributed by atoms with van der Waals surface area (Å²) in [4.78, 5) is 37.9. The Labute approximate surface area is 156 Å². The van der Waals surface area contributed by atoms with Crippen molar-refractivity contribution in [1.82, 2.24) is 10.2 Å². The molecule has 0 atom stereocenters. The van der Waals surface area contributed by atoms with Gasteiger partial charge in [-0.05, 0) is 42.5 Å². The average molecular weight is 374 g/mol. The van der Waals surface area contributed by atoms with E-state index in [-0.39, 0.29) is 18.2 Å². The maximum Gasteiger partial charge on any atom is 0.311 e. The van der Waals surface area contributed by atoms with Crippen LogP contribution in [0.3, 0.4) is 0 Å². The van der Waals surface area contributed by atoms with E-state index in [9.17, 15) is 14.4 Å². The average Bonchev–Trinajstić information content (AvgIpc) is 3.14. The molecule has 0 bridgehead atoms. The highest BCUT2D eigenvalue weighted by Crippen LogP contribution is 2.21. The molecule has 2 rings (SSSR count). The van der Waals surface area contributed by atoms with Gasteiger partial charge < -0.3 is 15.0 Å². The summed E-state index contributed by atoms with van der Waals surface area (Å²) < 4.78 is 5.37. The lowest BCUT2D eigenvalue weighted by molar-refractivity contribution is -0.134. The lowest BCUT2D eigenvalue weighted by Crippen LogP contribution is -2.24.